The molecule has 0 aromatic heterocycles. The third-order valence-corrected chi connectivity index (χ3v) is 10.4. The quantitative estimate of drug-likeness (QED) is 0.0260. The average molecular weight is 890 g/mol. The van der Waals surface area contributed by atoms with Gasteiger partial charge >= 0.3 is 11.9 Å². The van der Waals surface area contributed by atoms with E-state index in [1.807, 2.05) is 0 Å². The standard InChI is InChI=1S/C56H91NO7/c1-6-8-10-12-14-16-18-20-22-24-25-26-27-28-29-31-32-34-36-38-40-42-44-46-54(58)63-51-52(50-62-49-48-53(56(60)61)57(3,4)5)64-55(59)47-45-43-41-39-37-35-33-30-23-21-19-17-15-13-11-9-7-2/h8,10,14-17,20-23,25-26,28-29,32,34,38,40,52-53H,6-7,9,11-13,18-19,24,27,30-31,33,35-37,39,41-51H2,1-5H3/b10-8+,16-14+,17-15+,22-20+,23-21+,26-25+,29-28+,34-32+,40-38+. The van der Waals surface area contributed by atoms with Gasteiger partial charge in [-0.2, -0.15) is 0 Å². The van der Waals surface area contributed by atoms with Gasteiger partial charge in [0.05, 0.1) is 40.3 Å². The van der Waals surface area contributed by atoms with Gasteiger partial charge in [-0.25, -0.2) is 0 Å². The van der Waals surface area contributed by atoms with Crippen molar-refractivity contribution in [2.24, 2.45) is 0 Å². The Kier molecular flexibility index (Phi) is 42.7. The molecule has 0 saturated heterocycles. The van der Waals surface area contributed by atoms with Crippen LogP contribution in [0.5, 0.6) is 0 Å². The van der Waals surface area contributed by atoms with Gasteiger partial charge in [0.25, 0.3) is 0 Å². The fraction of sp³-hybridized carbons (Fsp3) is 0.625. The highest BCUT2D eigenvalue weighted by atomic mass is 16.6. The van der Waals surface area contributed by atoms with Crippen LogP contribution >= 0.6 is 0 Å². The molecule has 64 heavy (non-hydrogen) atoms. The van der Waals surface area contributed by atoms with E-state index >= 15 is 0 Å². The van der Waals surface area contributed by atoms with Crippen molar-refractivity contribution in [3.05, 3.63) is 109 Å². The Morgan fingerprint density at radius 3 is 1.34 bits per heavy atom. The number of carbonyl (C=O) groups excluding carboxylic acids is 3. The summed E-state index contributed by atoms with van der Waals surface area (Å²) < 4.78 is 17.1. The van der Waals surface area contributed by atoms with Crippen LogP contribution in [0, 0.1) is 0 Å². The zero-order valence-electron chi connectivity index (χ0n) is 41.2. The number of nitrogens with zero attached hydrogens (tertiary/aromatic N) is 1. The van der Waals surface area contributed by atoms with E-state index in [9.17, 15) is 19.5 Å². The fourth-order valence-electron chi connectivity index (χ4n) is 6.56. The average Bonchev–Trinajstić information content (AvgIpc) is 3.26. The number of unbranched alkanes of at least 4 members (excludes halogenated alkanes) is 11. The van der Waals surface area contributed by atoms with Crippen molar-refractivity contribution in [2.75, 3.05) is 41.0 Å². The minimum absolute atomic E-state index is 0.0121. The first-order valence-electron chi connectivity index (χ1n) is 24.9. The second kappa shape index (κ2) is 45.6. The van der Waals surface area contributed by atoms with Crippen molar-refractivity contribution in [3.63, 3.8) is 0 Å². The molecule has 362 valence electrons. The third kappa shape index (κ3) is 43.3. The minimum Gasteiger partial charge on any atom is -0.544 e. The van der Waals surface area contributed by atoms with Crippen molar-refractivity contribution in [3.8, 4) is 0 Å². The lowest BCUT2D eigenvalue weighted by Gasteiger charge is -2.34. The fourth-order valence-corrected chi connectivity index (χ4v) is 6.56. The summed E-state index contributed by atoms with van der Waals surface area (Å²) in [6.45, 7) is 4.44. The summed E-state index contributed by atoms with van der Waals surface area (Å²) in [5.74, 6) is -1.83. The van der Waals surface area contributed by atoms with Crippen molar-refractivity contribution in [1.82, 2.24) is 0 Å². The van der Waals surface area contributed by atoms with Gasteiger partial charge in [-0.15, -0.1) is 0 Å². The third-order valence-electron chi connectivity index (χ3n) is 10.4. The maximum Gasteiger partial charge on any atom is 0.306 e. The van der Waals surface area contributed by atoms with Gasteiger partial charge in [-0.05, 0) is 96.3 Å². The summed E-state index contributed by atoms with van der Waals surface area (Å²) in [4.78, 5) is 37.0. The number of rotatable bonds is 43. The Labute approximate surface area is 391 Å². The number of carboxylic acids is 1. The predicted octanol–water partition coefficient (Wildman–Crippen LogP) is 13.1. The topological polar surface area (TPSA) is 102 Å². The SMILES string of the molecule is CC/C=C/C/C=C/C/C=C/C/C=C/C/C=C/C/C=C/C/C=C/CCCC(=O)OCC(COCCC(C(=O)[O-])[N+](C)(C)C)OC(=O)CCCCCCCCC/C=C/C/C=C/CCCCC. The summed E-state index contributed by atoms with van der Waals surface area (Å²) in [5.41, 5.74) is 0. The Hall–Kier alpha value is -4.01. The van der Waals surface area contributed by atoms with E-state index in [4.69, 9.17) is 14.2 Å². The van der Waals surface area contributed by atoms with Gasteiger partial charge in [0, 0.05) is 19.3 Å². The maximum atomic E-state index is 12.8. The molecule has 0 aromatic carbocycles. The molecule has 8 nitrogen and oxygen atoms in total. The summed E-state index contributed by atoms with van der Waals surface area (Å²) in [7, 11) is 5.38. The molecule has 0 aliphatic rings. The number of quaternary nitrogens is 1. The van der Waals surface area contributed by atoms with E-state index in [0.29, 0.717) is 12.8 Å². The normalized spacial score (nSPS) is 13.8. The van der Waals surface area contributed by atoms with Gasteiger partial charge in [-0.1, -0.05) is 168 Å². The molecule has 8 heteroatoms. The van der Waals surface area contributed by atoms with Gasteiger partial charge in [-0.3, -0.25) is 9.59 Å². The summed E-state index contributed by atoms with van der Waals surface area (Å²) in [6, 6.07) is -0.743. The second-order valence-electron chi connectivity index (χ2n) is 17.3. The Bertz CT molecular complexity index is 1410. The highest BCUT2D eigenvalue weighted by molar-refractivity contribution is 5.70. The number of allylic oxidation sites excluding steroid dienone is 18. The molecule has 0 aliphatic carbocycles. The largest absolute Gasteiger partial charge is 0.544 e. The summed E-state index contributed by atoms with van der Waals surface area (Å²) >= 11 is 0. The van der Waals surface area contributed by atoms with Gasteiger partial charge in [0.1, 0.15) is 12.6 Å². The van der Waals surface area contributed by atoms with Crippen LogP contribution in [0.4, 0.5) is 0 Å². The van der Waals surface area contributed by atoms with Crippen LogP contribution in [0.3, 0.4) is 0 Å². The number of ether oxygens (including phenoxy) is 3. The lowest BCUT2D eigenvalue weighted by Crippen LogP contribution is -2.55. The van der Waals surface area contributed by atoms with Crippen LogP contribution < -0.4 is 5.11 Å². The zero-order chi connectivity index (χ0) is 47.0. The molecule has 0 spiro atoms. The molecule has 0 N–H and O–H groups in total. The molecule has 0 aliphatic heterocycles. The van der Waals surface area contributed by atoms with E-state index in [1.54, 1.807) is 21.1 Å². The highest BCUT2D eigenvalue weighted by Gasteiger charge is 2.25. The minimum atomic E-state index is -1.14. The second-order valence-corrected chi connectivity index (χ2v) is 17.3. The summed E-state index contributed by atoms with van der Waals surface area (Å²) in [5, 5.41) is 11.7. The van der Waals surface area contributed by atoms with Crippen LogP contribution in [-0.4, -0.2) is 75.5 Å². The molecule has 0 saturated carbocycles. The number of likely N-dealkylation sites (N-methyl/N-ethyl adjacent to an activating group) is 1. The van der Waals surface area contributed by atoms with E-state index in [0.717, 1.165) is 89.9 Å². The molecule has 0 aromatic rings. The Balaban J connectivity index is 4.41. The molecule has 2 unspecified atom stereocenters. The van der Waals surface area contributed by atoms with Gasteiger partial charge < -0.3 is 28.6 Å². The van der Waals surface area contributed by atoms with Crippen LogP contribution in [-0.2, 0) is 28.6 Å². The Morgan fingerprint density at radius 2 is 0.891 bits per heavy atom. The van der Waals surface area contributed by atoms with E-state index in [-0.39, 0.29) is 49.1 Å². The number of esters is 2. The number of aliphatic carboxylic acids is 1. The lowest BCUT2D eigenvalue weighted by molar-refractivity contribution is -0.889. The molecular weight excluding hydrogens is 799 g/mol. The smallest absolute Gasteiger partial charge is 0.306 e. The predicted molar refractivity (Wildman–Crippen MR) is 268 cm³/mol. The molecule has 0 amide bonds. The van der Waals surface area contributed by atoms with Crippen LogP contribution in [0.15, 0.2) is 109 Å². The number of carboxylic acid groups (broad SMARTS) is 1. The van der Waals surface area contributed by atoms with Crippen molar-refractivity contribution < 1.29 is 38.2 Å². The van der Waals surface area contributed by atoms with Crippen molar-refractivity contribution in [1.29, 1.82) is 0 Å². The zero-order valence-corrected chi connectivity index (χ0v) is 41.2. The first-order chi connectivity index (χ1) is 31.1. The van der Waals surface area contributed by atoms with Crippen LogP contribution in [0.1, 0.15) is 174 Å². The molecule has 0 rings (SSSR count). The monoisotopic (exact) mass is 890 g/mol. The lowest BCUT2D eigenvalue weighted by atomic mass is 10.1. The van der Waals surface area contributed by atoms with Crippen LogP contribution in [0.25, 0.3) is 0 Å². The molecule has 0 bridgehead atoms. The maximum absolute atomic E-state index is 12.8. The van der Waals surface area contributed by atoms with Crippen molar-refractivity contribution in [2.45, 2.75) is 187 Å². The molecular formula is C56H91NO7. The molecule has 2 atom stereocenters. The highest BCUT2D eigenvalue weighted by Crippen LogP contribution is 2.13. The van der Waals surface area contributed by atoms with Gasteiger partial charge in [0.15, 0.2) is 6.10 Å². The van der Waals surface area contributed by atoms with E-state index in [1.165, 1.54) is 44.9 Å². The first kappa shape index (κ1) is 60.0. The van der Waals surface area contributed by atoms with Crippen molar-refractivity contribution >= 4 is 17.9 Å². The molecule has 0 heterocycles. The number of hydrogen-bond acceptors (Lipinski definition) is 7. The molecule has 0 fully saturated rings. The molecule has 0 radical (unpaired) electrons. The first-order valence-corrected chi connectivity index (χ1v) is 24.9. The van der Waals surface area contributed by atoms with Crippen LogP contribution in [0.2, 0.25) is 0 Å². The Morgan fingerprint density at radius 1 is 0.484 bits per heavy atom. The van der Waals surface area contributed by atoms with Gasteiger partial charge in [0.2, 0.25) is 0 Å². The number of hydrogen-bond donors (Lipinski definition) is 0. The number of carbonyl (C=O) groups is 3. The summed E-state index contributed by atoms with van der Waals surface area (Å²) in [6.07, 6.45) is 62.6. The van der Waals surface area contributed by atoms with E-state index < -0.39 is 18.1 Å². The van der Waals surface area contributed by atoms with E-state index in [2.05, 4.69) is 123 Å².